The van der Waals surface area contributed by atoms with Gasteiger partial charge in [0.15, 0.2) is 0 Å². The van der Waals surface area contributed by atoms with Crippen molar-refractivity contribution in [2.45, 2.75) is 19.0 Å². The molecule has 3 N–H and O–H groups in total. The molecule has 6 heteroatoms. The Hall–Kier alpha value is -1.53. The molecule has 2 unspecified atom stereocenters. The number of rotatable bonds is 3. The largest absolute Gasteiger partial charge is 0.465 e. The van der Waals surface area contributed by atoms with Crippen molar-refractivity contribution in [3.63, 3.8) is 0 Å². The molecule has 0 spiro atoms. The topological polar surface area (TPSA) is 74.7 Å². The van der Waals surface area contributed by atoms with E-state index in [0.717, 1.165) is 37.7 Å². The zero-order chi connectivity index (χ0) is 13.4. The van der Waals surface area contributed by atoms with Crippen LogP contribution >= 0.6 is 0 Å². The van der Waals surface area contributed by atoms with Crippen molar-refractivity contribution in [1.82, 2.24) is 15.1 Å². The molecule has 2 fully saturated rings. The Morgan fingerprint density at radius 3 is 3.05 bits per heavy atom. The quantitative estimate of drug-likeness (QED) is 0.823. The fraction of sp³-hybridized carbons (Fsp3) is 0.615. The number of furan rings is 1. The van der Waals surface area contributed by atoms with E-state index in [1.54, 1.807) is 0 Å². The van der Waals surface area contributed by atoms with Gasteiger partial charge in [-0.25, -0.2) is 4.79 Å². The molecule has 0 radical (unpaired) electrons. The summed E-state index contributed by atoms with van der Waals surface area (Å²) >= 11 is 0. The van der Waals surface area contributed by atoms with Crippen LogP contribution in [0.2, 0.25) is 0 Å². The van der Waals surface area contributed by atoms with Crippen molar-refractivity contribution in [2.24, 2.45) is 5.73 Å². The highest BCUT2D eigenvalue weighted by atomic mass is 16.3. The van der Waals surface area contributed by atoms with E-state index in [-0.39, 0.29) is 18.1 Å². The van der Waals surface area contributed by atoms with Crippen LogP contribution in [0.3, 0.4) is 0 Å². The first-order chi connectivity index (χ1) is 9.19. The molecule has 0 saturated carbocycles. The minimum atomic E-state index is 0.0581. The monoisotopic (exact) mass is 264 g/mol. The maximum absolute atomic E-state index is 11.6. The number of aryl methyl sites for hydroxylation is 1. The van der Waals surface area contributed by atoms with Crippen molar-refractivity contribution in [2.75, 3.05) is 32.7 Å². The predicted octanol–water partition coefficient (Wildman–Crippen LogP) is 0.297. The minimum absolute atomic E-state index is 0.0581. The second-order valence-electron chi connectivity index (χ2n) is 5.23. The van der Waals surface area contributed by atoms with E-state index in [9.17, 15) is 4.79 Å². The van der Waals surface area contributed by atoms with Gasteiger partial charge in [0.05, 0.1) is 12.1 Å². The maximum atomic E-state index is 11.6. The fourth-order valence-corrected chi connectivity index (χ4v) is 2.99. The molecule has 2 saturated heterocycles. The van der Waals surface area contributed by atoms with Gasteiger partial charge in [0.1, 0.15) is 11.5 Å². The molecule has 19 heavy (non-hydrogen) atoms. The zero-order valence-corrected chi connectivity index (χ0v) is 11.1. The Morgan fingerprint density at radius 2 is 2.37 bits per heavy atom. The summed E-state index contributed by atoms with van der Waals surface area (Å²) in [5.74, 6) is 1.83. The highest BCUT2D eigenvalue weighted by molar-refractivity contribution is 5.77. The fourth-order valence-electron chi connectivity index (χ4n) is 2.99. The maximum Gasteiger partial charge on any atom is 0.317 e. The van der Waals surface area contributed by atoms with Crippen molar-refractivity contribution in [1.29, 1.82) is 0 Å². The van der Waals surface area contributed by atoms with Crippen molar-refractivity contribution >= 4 is 6.03 Å². The van der Waals surface area contributed by atoms with Crippen LogP contribution in [0, 0.1) is 6.92 Å². The smallest absolute Gasteiger partial charge is 0.317 e. The third-order valence-corrected chi connectivity index (χ3v) is 4.02. The van der Waals surface area contributed by atoms with Gasteiger partial charge in [0.2, 0.25) is 0 Å². The average molecular weight is 264 g/mol. The van der Waals surface area contributed by atoms with Crippen molar-refractivity contribution in [3.8, 4) is 0 Å². The number of urea groups is 1. The number of piperazine rings is 1. The van der Waals surface area contributed by atoms with Gasteiger partial charge in [0, 0.05) is 32.7 Å². The molecule has 6 nitrogen and oxygen atoms in total. The number of nitrogens with two attached hydrogens (primary N) is 1. The molecular formula is C13H20N4O2. The molecule has 2 aliphatic rings. The number of carbonyl (C=O) groups excluding carboxylic acids is 1. The van der Waals surface area contributed by atoms with E-state index in [2.05, 4.69) is 10.2 Å². The van der Waals surface area contributed by atoms with Crippen LogP contribution in [-0.2, 0) is 0 Å². The normalized spacial score (nSPS) is 25.3. The molecule has 0 aliphatic carbocycles. The minimum Gasteiger partial charge on any atom is -0.465 e. The second-order valence-corrected chi connectivity index (χ2v) is 5.23. The molecule has 3 rings (SSSR count). The van der Waals surface area contributed by atoms with Crippen LogP contribution in [0.15, 0.2) is 16.5 Å². The van der Waals surface area contributed by atoms with Gasteiger partial charge in [-0.15, -0.1) is 0 Å². The van der Waals surface area contributed by atoms with Gasteiger partial charge < -0.3 is 20.4 Å². The van der Waals surface area contributed by atoms with E-state index >= 15 is 0 Å². The summed E-state index contributed by atoms with van der Waals surface area (Å²) in [6, 6.07) is 4.38. The molecule has 1 aromatic heterocycles. The number of hydrogen-bond acceptors (Lipinski definition) is 4. The Labute approximate surface area is 112 Å². The number of hydrogen-bond donors (Lipinski definition) is 2. The first kappa shape index (κ1) is 12.5. The summed E-state index contributed by atoms with van der Waals surface area (Å²) in [7, 11) is 0. The summed E-state index contributed by atoms with van der Waals surface area (Å²) in [6.45, 7) is 5.64. The van der Waals surface area contributed by atoms with E-state index in [1.807, 2.05) is 24.0 Å². The van der Waals surface area contributed by atoms with Gasteiger partial charge in [0.25, 0.3) is 0 Å². The van der Waals surface area contributed by atoms with Gasteiger partial charge in [-0.05, 0) is 19.1 Å². The Balaban J connectivity index is 1.73. The Bertz CT molecular complexity index is 473. The van der Waals surface area contributed by atoms with Gasteiger partial charge >= 0.3 is 6.03 Å². The van der Waals surface area contributed by atoms with Crippen LogP contribution in [0.25, 0.3) is 0 Å². The highest BCUT2D eigenvalue weighted by Crippen LogP contribution is 2.25. The number of carbonyl (C=O) groups is 1. The van der Waals surface area contributed by atoms with Gasteiger partial charge in [-0.2, -0.15) is 0 Å². The first-order valence-corrected chi connectivity index (χ1v) is 6.74. The average Bonchev–Trinajstić information content (AvgIpc) is 2.98. The van der Waals surface area contributed by atoms with Crippen LogP contribution < -0.4 is 11.1 Å². The molecule has 3 heterocycles. The van der Waals surface area contributed by atoms with E-state index < -0.39 is 0 Å². The van der Waals surface area contributed by atoms with Crippen molar-refractivity contribution < 1.29 is 9.21 Å². The summed E-state index contributed by atoms with van der Waals surface area (Å²) in [4.78, 5) is 15.8. The van der Waals surface area contributed by atoms with E-state index in [4.69, 9.17) is 10.2 Å². The molecule has 1 aromatic rings. The summed E-state index contributed by atoms with van der Waals surface area (Å²) in [5, 5.41) is 2.89. The lowest BCUT2D eigenvalue weighted by molar-refractivity contribution is 0.0819. The molecule has 0 aromatic carbocycles. The molecule has 104 valence electrons. The summed E-state index contributed by atoms with van der Waals surface area (Å²) < 4.78 is 5.70. The summed E-state index contributed by atoms with van der Waals surface area (Å²) in [5.41, 5.74) is 5.91. The molecule has 0 bridgehead atoms. The van der Waals surface area contributed by atoms with Crippen LogP contribution in [0.5, 0.6) is 0 Å². The third kappa shape index (κ3) is 2.21. The van der Waals surface area contributed by atoms with Gasteiger partial charge in [-0.1, -0.05) is 0 Å². The lowest BCUT2D eigenvalue weighted by atomic mass is 10.1. The first-order valence-electron chi connectivity index (χ1n) is 6.74. The SMILES string of the molecule is Cc1ccc(C(CN)N2CCN3C(=O)NCC3C2)o1. The van der Waals surface area contributed by atoms with Crippen molar-refractivity contribution in [3.05, 3.63) is 23.7 Å². The Kier molecular flexibility index (Phi) is 3.20. The molecule has 2 atom stereocenters. The third-order valence-electron chi connectivity index (χ3n) is 4.02. The zero-order valence-electron chi connectivity index (χ0n) is 11.1. The van der Waals surface area contributed by atoms with Crippen LogP contribution in [-0.4, -0.2) is 54.6 Å². The standard InChI is InChI=1S/C13H20N4O2/c1-9-2-3-12(19-9)11(6-14)16-4-5-17-10(8-16)7-15-13(17)18/h2-3,10-11H,4-8,14H2,1H3,(H,15,18). The number of nitrogens with one attached hydrogen (secondary N) is 1. The Morgan fingerprint density at radius 1 is 1.53 bits per heavy atom. The number of amides is 2. The molecular weight excluding hydrogens is 244 g/mol. The lowest BCUT2D eigenvalue weighted by Gasteiger charge is -2.39. The van der Waals surface area contributed by atoms with Crippen LogP contribution in [0.4, 0.5) is 4.79 Å². The van der Waals surface area contributed by atoms with Crippen LogP contribution in [0.1, 0.15) is 17.6 Å². The molecule has 2 aliphatic heterocycles. The molecule has 2 amide bonds. The predicted molar refractivity (Wildman–Crippen MR) is 70.7 cm³/mol. The number of fused-ring (bicyclic) bond motifs is 1. The second kappa shape index (κ2) is 4.86. The number of nitrogens with zero attached hydrogens (tertiary/aromatic N) is 2. The van der Waals surface area contributed by atoms with E-state index in [1.165, 1.54) is 0 Å². The lowest BCUT2D eigenvalue weighted by Crippen LogP contribution is -2.53. The van der Waals surface area contributed by atoms with Gasteiger partial charge in [-0.3, -0.25) is 4.90 Å². The highest BCUT2D eigenvalue weighted by Gasteiger charge is 2.37. The summed E-state index contributed by atoms with van der Waals surface area (Å²) in [6.07, 6.45) is 0. The van der Waals surface area contributed by atoms with E-state index in [0.29, 0.717) is 6.54 Å².